The van der Waals surface area contributed by atoms with Crippen LogP contribution in [0.4, 0.5) is 0 Å². The first-order valence-electron chi connectivity index (χ1n) is 7.68. The van der Waals surface area contributed by atoms with Crippen molar-refractivity contribution in [2.24, 2.45) is 17.6 Å². The molecule has 116 valence electrons. The molecule has 4 heteroatoms. The van der Waals surface area contributed by atoms with E-state index in [-0.39, 0.29) is 36.0 Å². The summed E-state index contributed by atoms with van der Waals surface area (Å²) in [6.45, 7) is 8.63. The standard InChI is InChI=1S/C17H26N2O2/c1-10-12(3)21-13(4)16(10)17(20)19-11(2)15-7-5-14(9-18)6-8-15/h5-8,10-13,16H,9,18H2,1-4H3,(H,19,20). The first-order valence-corrected chi connectivity index (χ1v) is 7.68. The van der Waals surface area contributed by atoms with Gasteiger partial charge in [0.25, 0.3) is 0 Å². The summed E-state index contributed by atoms with van der Waals surface area (Å²) in [6.07, 6.45) is 0.108. The summed E-state index contributed by atoms with van der Waals surface area (Å²) in [7, 11) is 0. The molecule has 2 rings (SSSR count). The number of amides is 1. The SMILES string of the molecule is CC(NC(=O)C1C(C)OC(C)C1C)c1ccc(CN)cc1. The number of ether oxygens (including phenoxy) is 1. The van der Waals surface area contributed by atoms with Crippen LogP contribution < -0.4 is 11.1 Å². The third-order valence-electron chi connectivity index (χ3n) is 4.62. The lowest BCUT2D eigenvalue weighted by molar-refractivity contribution is -0.127. The number of nitrogens with two attached hydrogens (primary N) is 1. The van der Waals surface area contributed by atoms with E-state index in [4.69, 9.17) is 10.5 Å². The van der Waals surface area contributed by atoms with Gasteiger partial charge in [0.15, 0.2) is 0 Å². The van der Waals surface area contributed by atoms with E-state index < -0.39 is 0 Å². The first-order chi connectivity index (χ1) is 9.93. The van der Waals surface area contributed by atoms with Gasteiger partial charge in [0.2, 0.25) is 5.91 Å². The quantitative estimate of drug-likeness (QED) is 0.895. The Balaban J connectivity index is 2.01. The number of carbonyl (C=O) groups excluding carboxylic acids is 1. The van der Waals surface area contributed by atoms with Crippen LogP contribution in [0.15, 0.2) is 24.3 Å². The van der Waals surface area contributed by atoms with Crippen LogP contribution in [-0.4, -0.2) is 18.1 Å². The van der Waals surface area contributed by atoms with Crippen LogP contribution in [0.1, 0.15) is 44.9 Å². The van der Waals surface area contributed by atoms with Crippen LogP contribution in [0.5, 0.6) is 0 Å². The molecule has 1 saturated heterocycles. The van der Waals surface area contributed by atoms with Crippen molar-refractivity contribution in [1.82, 2.24) is 5.32 Å². The van der Waals surface area contributed by atoms with Gasteiger partial charge in [0, 0.05) is 6.54 Å². The van der Waals surface area contributed by atoms with Crippen molar-refractivity contribution in [1.29, 1.82) is 0 Å². The molecule has 1 fully saturated rings. The van der Waals surface area contributed by atoms with Crippen LogP contribution in [0, 0.1) is 11.8 Å². The van der Waals surface area contributed by atoms with E-state index in [9.17, 15) is 4.79 Å². The predicted molar refractivity (Wildman–Crippen MR) is 83.6 cm³/mol. The van der Waals surface area contributed by atoms with Crippen LogP contribution in [0.25, 0.3) is 0 Å². The zero-order chi connectivity index (χ0) is 15.6. The lowest BCUT2D eigenvalue weighted by Gasteiger charge is -2.21. The summed E-state index contributed by atoms with van der Waals surface area (Å²) >= 11 is 0. The van der Waals surface area contributed by atoms with Crippen LogP contribution in [0.2, 0.25) is 0 Å². The number of carbonyl (C=O) groups is 1. The number of hydrogen-bond acceptors (Lipinski definition) is 3. The van der Waals surface area contributed by atoms with E-state index in [2.05, 4.69) is 12.2 Å². The van der Waals surface area contributed by atoms with Crippen molar-refractivity contribution in [2.75, 3.05) is 0 Å². The largest absolute Gasteiger partial charge is 0.374 e. The van der Waals surface area contributed by atoms with E-state index in [1.54, 1.807) is 0 Å². The molecule has 1 aromatic carbocycles. The highest BCUT2D eigenvalue weighted by Gasteiger charge is 2.41. The second kappa shape index (κ2) is 6.58. The van der Waals surface area contributed by atoms with Gasteiger partial charge in [-0.2, -0.15) is 0 Å². The molecule has 0 aromatic heterocycles. The lowest BCUT2D eigenvalue weighted by Crippen LogP contribution is -2.38. The minimum Gasteiger partial charge on any atom is -0.374 e. The Morgan fingerprint density at radius 1 is 1.24 bits per heavy atom. The third kappa shape index (κ3) is 3.44. The van der Waals surface area contributed by atoms with E-state index in [1.165, 1.54) is 0 Å². The molecular formula is C17H26N2O2. The Morgan fingerprint density at radius 3 is 2.33 bits per heavy atom. The van der Waals surface area contributed by atoms with Crippen molar-refractivity contribution >= 4 is 5.91 Å². The number of rotatable bonds is 4. The van der Waals surface area contributed by atoms with Gasteiger partial charge >= 0.3 is 0 Å². The van der Waals surface area contributed by atoms with Crippen molar-refractivity contribution in [3.05, 3.63) is 35.4 Å². The molecule has 1 aromatic rings. The number of benzene rings is 1. The smallest absolute Gasteiger partial charge is 0.226 e. The van der Waals surface area contributed by atoms with E-state index >= 15 is 0 Å². The summed E-state index contributed by atoms with van der Waals surface area (Å²) in [5.74, 6) is 0.243. The van der Waals surface area contributed by atoms with E-state index in [0.29, 0.717) is 6.54 Å². The van der Waals surface area contributed by atoms with E-state index in [1.807, 2.05) is 45.0 Å². The van der Waals surface area contributed by atoms with Crippen molar-refractivity contribution < 1.29 is 9.53 Å². The average molecular weight is 290 g/mol. The normalized spacial score (nSPS) is 30.1. The summed E-state index contributed by atoms with van der Waals surface area (Å²) in [4.78, 5) is 12.5. The van der Waals surface area contributed by atoms with Crippen molar-refractivity contribution in [2.45, 2.75) is 52.5 Å². The monoisotopic (exact) mass is 290 g/mol. The molecular weight excluding hydrogens is 264 g/mol. The Morgan fingerprint density at radius 2 is 1.86 bits per heavy atom. The van der Waals surface area contributed by atoms with Gasteiger partial charge in [-0.15, -0.1) is 0 Å². The summed E-state index contributed by atoms with van der Waals surface area (Å²) in [6, 6.07) is 8.04. The summed E-state index contributed by atoms with van der Waals surface area (Å²) in [5, 5.41) is 3.11. The average Bonchev–Trinajstić information content (AvgIpc) is 2.72. The molecule has 0 radical (unpaired) electrons. The number of hydrogen-bond donors (Lipinski definition) is 2. The molecule has 1 aliphatic rings. The maximum atomic E-state index is 12.5. The highest BCUT2D eigenvalue weighted by Crippen LogP contribution is 2.32. The molecule has 1 amide bonds. The topological polar surface area (TPSA) is 64.3 Å². The fraction of sp³-hybridized carbons (Fsp3) is 0.588. The van der Waals surface area contributed by atoms with Gasteiger partial charge in [-0.05, 0) is 37.8 Å². The molecule has 0 aliphatic carbocycles. The molecule has 3 N–H and O–H groups in total. The van der Waals surface area contributed by atoms with E-state index in [0.717, 1.165) is 11.1 Å². The minimum atomic E-state index is -0.0780. The van der Waals surface area contributed by atoms with Crippen molar-refractivity contribution in [3.63, 3.8) is 0 Å². The zero-order valence-corrected chi connectivity index (χ0v) is 13.3. The van der Waals surface area contributed by atoms with Gasteiger partial charge in [-0.3, -0.25) is 4.79 Å². The van der Waals surface area contributed by atoms with Gasteiger partial charge in [0.05, 0.1) is 24.2 Å². The predicted octanol–water partition coefficient (Wildman–Crippen LogP) is 2.38. The molecule has 0 spiro atoms. The minimum absolute atomic E-state index is 0.0142. The van der Waals surface area contributed by atoms with Gasteiger partial charge < -0.3 is 15.8 Å². The summed E-state index contributed by atoms with van der Waals surface area (Å²) in [5.41, 5.74) is 7.78. The Bertz CT molecular complexity index is 486. The molecule has 0 bridgehead atoms. The first kappa shape index (κ1) is 16.0. The molecule has 5 unspecified atom stereocenters. The lowest BCUT2D eigenvalue weighted by atomic mass is 9.88. The van der Waals surface area contributed by atoms with Gasteiger partial charge in [-0.1, -0.05) is 31.2 Å². The highest BCUT2D eigenvalue weighted by atomic mass is 16.5. The third-order valence-corrected chi connectivity index (χ3v) is 4.62. The number of nitrogens with one attached hydrogen (secondary N) is 1. The Kier molecular flexibility index (Phi) is 5.01. The summed E-state index contributed by atoms with van der Waals surface area (Å²) < 4.78 is 5.75. The molecule has 1 heterocycles. The van der Waals surface area contributed by atoms with Gasteiger partial charge in [0.1, 0.15) is 0 Å². The highest BCUT2D eigenvalue weighted by molar-refractivity contribution is 5.80. The Hall–Kier alpha value is -1.39. The van der Waals surface area contributed by atoms with Crippen LogP contribution in [0.3, 0.4) is 0 Å². The van der Waals surface area contributed by atoms with Crippen molar-refractivity contribution in [3.8, 4) is 0 Å². The second-order valence-electron chi connectivity index (χ2n) is 6.11. The molecule has 21 heavy (non-hydrogen) atoms. The molecule has 0 saturated carbocycles. The second-order valence-corrected chi connectivity index (χ2v) is 6.11. The van der Waals surface area contributed by atoms with Crippen LogP contribution >= 0.6 is 0 Å². The fourth-order valence-corrected chi connectivity index (χ4v) is 3.05. The molecule has 1 aliphatic heterocycles. The fourth-order valence-electron chi connectivity index (χ4n) is 3.05. The Labute approximate surface area is 127 Å². The van der Waals surface area contributed by atoms with Gasteiger partial charge in [-0.25, -0.2) is 0 Å². The maximum absolute atomic E-state index is 12.5. The van der Waals surface area contributed by atoms with Crippen LogP contribution in [-0.2, 0) is 16.1 Å². The molecule has 5 atom stereocenters. The molecule has 4 nitrogen and oxygen atoms in total. The maximum Gasteiger partial charge on any atom is 0.226 e. The zero-order valence-electron chi connectivity index (χ0n) is 13.3.